The van der Waals surface area contributed by atoms with Crippen LogP contribution in [0.3, 0.4) is 0 Å². The maximum atomic E-state index is 13.2. The predicted octanol–water partition coefficient (Wildman–Crippen LogP) is 7.16. The van der Waals surface area contributed by atoms with Gasteiger partial charge in [0.05, 0.1) is 20.7 Å². The minimum atomic E-state index is -0.433. The van der Waals surface area contributed by atoms with Gasteiger partial charge in [-0.15, -0.1) is 0 Å². The first-order chi connectivity index (χ1) is 13.4. The van der Waals surface area contributed by atoms with E-state index in [1.54, 1.807) is 30.3 Å². The quantitative estimate of drug-likeness (QED) is 0.317. The van der Waals surface area contributed by atoms with Gasteiger partial charge in [-0.25, -0.2) is 9.37 Å². The molecule has 0 aliphatic heterocycles. The molecular weight excluding hydrogens is 470 g/mol. The zero-order valence-electron chi connectivity index (χ0n) is 14.0. The average molecular weight is 480 g/mol. The summed E-state index contributed by atoms with van der Waals surface area (Å²) >= 11 is 15.3. The van der Waals surface area contributed by atoms with Crippen LogP contribution in [0.1, 0.15) is 5.56 Å². The second kappa shape index (κ2) is 7.54. The Balaban J connectivity index is 1.69. The molecule has 0 bridgehead atoms. The van der Waals surface area contributed by atoms with Crippen molar-refractivity contribution in [3.05, 3.63) is 74.4 Å². The van der Waals surface area contributed by atoms with E-state index in [4.69, 9.17) is 27.6 Å². The van der Waals surface area contributed by atoms with E-state index in [1.807, 2.05) is 0 Å². The van der Waals surface area contributed by atoms with Gasteiger partial charge in [0.1, 0.15) is 17.1 Å². The van der Waals surface area contributed by atoms with E-state index in [2.05, 4.69) is 25.9 Å². The van der Waals surface area contributed by atoms with Gasteiger partial charge in [0.25, 0.3) is 0 Å². The summed E-state index contributed by atoms with van der Waals surface area (Å²) in [5, 5.41) is 10.8. The molecule has 1 heterocycles. The molecule has 0 spiro atoms. The Bertz CT molecular complexity index is 1240. The summed E-state index contributed by atoms with van der Waals surface area (Å²) in [6.07, 6.45) is 1.50. The third-order valence-electron chi connectivity index (χ3n) is 3.94. The highest BCUT2D eigenvalue weighted by atomic mass is 79.9. The van der Waals surface area contributed by atoms with E-state index >= 15 is 0 Å². The number of halogens is 4. The summed E-state index contributed by atoms with van der Waals surface area (Å²) in [5.74, 6) is -0.0983. The lowest BCUT2D eigenvalue weighted by Crippen LogP contribution is -1.84. The van der Waals surface area contributed by atoms with E-state index in [-0.39, 0.29) is 16.7 Å². The van der Waals surface area contributed by atoms with Crippen molar-refractivity contribution in [3.63, 3.8) is 0 Å². The van der Waals surface area contributed by atoms with Gasteiger partial charge in [0.2, 0.25) is 5.89 Å². The van der Waals surface area contributed by atoms with Gasteiger partial charge in [-0.2, -0.15) is 0 Å². The minimum Gasteiger partial charge on any atom is -0.506 e. The number of phenolic OH excluding ortho intramolecular Hbond substituents is 1. The van der Waals surface area contributed by atoms with E-state index in [9.17, 15) is 9.50 Å². The summed E-state index contributed by atoms with van der Waals surface area (Å²) in [5.41, 5.74) is 2.69. The molecule has 140 valence electrons. The van der Waals surface area contributed by atoms with Crippen LogP contribution in [0.15, 0.2) is 62.4 Å². The van der Waals surface area contributed by atoms with Crippen LogP contribution < -0.4 is 0 Å². The summed E-state index contributed by atoms with van der Waals surface area (Å²) in [7, 11) is 0. The molecule has 0 amide bonds. The van der Waals surface area contributed by atoms with Crippen LogP contribution >= 0.6 is 39.1 Å². The lowest BCUT2D eigenvalue weighted by atomic mass is 10.2. The number of aliphatic imine (C=N–C) groups is 1. The molecule has 0 unspecified atom stereocenters. The molecule has 0 saturated carbocycles. The Kier molecular flexibility index (Phi) is 5.10. The molecule has 4 nitrogen and oxygen atoms in total. The largest absolute Gasteiger partial charge is 0.506 e. The monoisotopic (exact) mass is 478 g/mol. The Labute approximate surface area is 177 Å². The normalized spacial score (nSPS) is 11.6. The van der Waals surface area contributed by atoms with Gasteiger partial charge in [-0.05, 0) is 64.5 Å². The summed E-state index contributed by atoms with van der Waals surface area (Å²) in [6.45, 7) is 0. The lowest BCUT2D eigenvalue weighted by molar-refractivity contribution is 0.471. The number of rotatable bonds is 3. The van der Waals surface area contributed by atoms with E-state index < -0.39 is 5.82 Å². The standard InChI is InChI=1S/C20H10BrCl2FN2O2/c21-15-6-11(22)5-10(19(15)27)9-25-13-2-4-18-17(8-13)26-20(28-18)14-3-1-12(24)7-16(14)23/h1-9,27H. The summed E-state index contributed by atoms with van der Waals surface area (Å²) in [6, 6.07) is 12.4. The van der Waals surface area contributed by atoms with Crippen molar-refractivity contribution in [2.45, 2.75) is 0 Å². The summed E-state index contributed by atoms with van der Waals surface area (Å²) in [4.78, 5) is 8.77. The Morgan fingerprint density at radius 3 is 2.71 bits per heavy atom. The molecule has 0 fully saturated rings. The first kappa shape index (κ1) is 18.9. The molecule has 1 aromatic heterocycles. The van der Waals surface area contributed by atoms with Crippen LogP contribution in [0.25, 0.3) is 22.6 Å². The van der Waals surface area contributed by atoms with Crippen LogP contribution in [0.5, 0.6) is 5.75 Å². The fraction of sp³-hybridized carbons (Fsp3) is 0. The molecule has 0 atom stereocenters. The zero-order chi connectivity index (χ0) is 19.8. The van der Waals surface area contributed by atoms with Crippen LogP contribution in [0, 0.1) is 5.82 Å². The van der Waals surface area contributed by atoms with Crippen molar-refractivity contribution in [3.8, 4) is 17.2 Å². The Morgan fingerprint density at radius 1 is 1.11 bits per heavy atom. The maximum Gasteiger partial charge on any atom is 0.228 e. The molecule has 8 heteroatoms. The second-order valence-corrected chi connectivity index (χ2v) is 7.58. The lowest BCUT2D eigenvalue weighted by Gasteiger charge is -2.02. The molecule has 1 N–H and O–H groups in total. The van der Waals surface area contributed by atoms with Crippen molar-refractivity contribution < 1.29 is 13.9 Å². The van der Waals surface area contributed by atoms with Crippen molar-refractivity contribution in [1.82, 2.24) is 4.98 Å². The molecule has 0 aliphatic carbocycles. The van der Waals surface area contributed by atoms with Crippen LogP contribution in [-0.2, 0) is 0 Å². The first-order valence-electron chi connectivity index (χ1n) is 7.99. The van der Waals surface area contributed by atoms with Gasteiger partial charge < -0.3 is 9.52 Å². The molecule has 4 rings (SSSR count). The number of oxazole rings is 1. The Hall–Kier alpha value is -2.41. The van der Waals surface area contributed by atoms with Crippen molar-refractivity contribution in [1.29, 1.82) is 0 Å². The summed E-state index contributed by atoms with van der Waals surface area (Å²) < 4.78 is 19.4. The van der Waals surface area contributed by atoms with Gasteiger partial charge in [-0.1, -0.05) is 23.2 Å². The van der Waals surface area contributed by atoms with E-state index in [0.717, 1.165) is 0 Å². The van der Waals surface area contributed by atoms with Crippen molar-refractivity contribution in [2.75, 3.05) is 0 Å². The number of benzene rings is 3. The average Bonchev–Trinajstić information content (AvgIpc) is 3.06. The number of nitrogens with zero attached hydrogens (tertiary/aromatic N) is 2. The van der Waals surface area contributed by atoms with Crippen LogP contribution in [0.2, 0.25) is 10.0 Å². The smallest absolute Gasteiger partial charge is 0.228 e. The van der Waals surface area contributed by atoms with Gasteiger partial charge in [0.15, 0.2) is 5.58 Å². The topological polar surface area (TPSA) is 58.6 Å². The minimum absolute atomic E-state index is 0.0453. The molecule has 0 aliphatic rings. The van der Waals surface area contributed by atoms with Gasteiger partial charge >= 0.3 is 0 Å². The zero-order valence-corrected chi connectivity index (χ0v) is 17.1. The number of hydrogen-bond donors (Lipinski definition) is 1. The Morgan fingerprint density at radius 2 is 1.93 bits per heavy atom. The third-order valence-corrected chi connectivity index (χ3v) is 5.08. The maximum absolute atomic E-state index is 13.2. The van der Waals surface area contributed by atoms with Gasteiger partial charge in [-0.3, -0.25) is 4.99 Å². The van der Waals surface area contributed by atoms with E-state index in [0.29, 0.717) is 37.4 Å². The highest BCUT2D eigenvalue weighted by Gasteiger charge is 2.13. The van der Waals surface area contributed by atoms with E-state index in [1.165, 1.54) is 24.4 Å². The number of hydrogen-bond acceptors (Lipinski definition) is 4. The van der Waals surface area contributed by atoms with Crippen molar-refractivity contribution >= 4 is 62.1 Å². The fourth-order valence-corrected chi connectivity index (χ4v) is 3.68. The second-order valence-electron chi connectivity index (χ2n) is 5.88. The highest BCUT2D eigenvalue weighted by Crippen LogP contribution is 2.33. The molecule has 0 saturated heterocycles. The SMILES string of the molecule is Oc1c(Br)cc(Cl)cc1C=Nc1ccc2oc(-c3ccc(F)cc3Cl)nc2c1. The van der Waals surface area contributed by atoms with Crippen molar-refractivity contribution in [2.24, 2.45) is 4.99 Å². The van der Waals surface area contributed by atoms with Gasteiger partial charge in [0, 0.05) is 16.8 Å². The molecular formula is C20H10BrCl2FN2O2. The number of fused-ring (bicyclic) bond motifs is 1. The highest BCUT2D eigenvalue weighted by molar-refractivity contribution is 9.10. The number of phenols is 1. The molecule has 0 radical (unpaired) electrons. The molecule has 28 heavy (non-hydrogen) atoms. The molecule has 4 aromatic rings. The fourth-order valence-electron chi connectivity index (χ4n) is 2.60. The van der Waals surface area contributed by atoms with Crippen LogP contribution in [0.4, 0.5) is 10.1 Å². The predicted molar refractivity (Wildman–Crippen MR) is 112 cm³/mol. The first-order valence-corrected chi connectivity index (χ1v) is 9.54. The van der Waals surface area contributed by atoms with Crippen LogP contribution in [-0.4, -0.2) is 16.3 Å². The third kappa shape index (κ3) is 3.76. The molecule has 3 aromatic carbocycles. The number of aromatic hydroxyl groups is 1. The number of aromatic nitrogens is 1.